The van der Waals surface area contributed by atoms with Crippen LogP contribution in [-0.2, 0) is 0 Å². The first-order valence-corrected chi connectivity index (χ1v) is 5.28. The molecule has 0 spiro atoms. The molecule has 3 heteroatoms. The van der Waals surface area contributed by atoms with Crippen molar-refractivity contribution in [2.75, 3.05) is 0 Å². The second-order valence-corrected chi connectivity index (χ2v) is 4.04. The monoisotopic (exact) mass is 192 g/mol. The van der Waals surface area contributed by atoms with E-state index in [0.717, 1.165) is 17.5 Å². The van der Waals surface area contributed by atoms with Gasteiger partial charge in [-0.3, -0.25) is 4.98 Å². The number of rotatable bonds is 2. The first kappa shape index (κ1) is 8.66. The summed E-state index contributed by atoms with van der Waals surface area (Å²) < 4.78 is 1.22. The van der Waals surface area contributed by atoms with E-state index in [1.165, 1.54) is 4.70 Å². The lowest BCUT2D eigenvalue weighted by molar-refractivity contribution is 0.697. The number of hydrogen-bond donors (Lipinski definition) is 1. The van der Waals surface area contributed by atoms with Gasteiger partial charge in [-0.1, -0.05) is 6.92 Å². The van der Waals surface area contributed by atoms with Gasteiger partial charge in [0, 0.05) is 12.2 Å². The molecule has 0 saturated heterocycles. The summed E-state index contributed by atoms with van der Waals surface area (Å²) in [5.74, 6) is 0. The molecule has 0 aliphatic carbocycles. The van der Waals surface area contributed by atoms with Gasteiger partial charge in [-0.25, -0.2) is 0 Å². The molecule has 0 unspecified atom stereocenters. The van der Waals surface area contributed by atoms with Crippen molar-refractivity contribution < 1.29 is 0 Å². The van der Waals surface area contributed by atoms with E-state index in [0.29, 0.717) is 0 Å². The third kappa shape index (κ3) is 1.57. The molecule has 0 fully saturated rings. The average molecular weight is 192 g/mol. The molecule has 0 amide bonds. The maximum Gasteiger partial charge on any atom is 0.0809 e. The van der Waals surface area contributed by atoms with Gasteiger partial charge in [0.1, 0.15) is 0 Å². The van der Waals surface area contributed by atoms with Crippen molar-refractivity contribution in [2.45, 2.75) is 19.4 Å². The molecule has 0 saturated carbocycles. The van der Waals surface area contributed by atoms with Crippen molar-refractivity contribution in [1.29, 1.82) is 0 Å². The lowest BCUT2D eigenvalue weighted by Crippen LogP contribution is -2.08. The number of pyridine rings is 1. The van der Waals surface area contributed by atoms with Gasteiger partial charge in [0.2, 0.25) is 0 Å². The molecule has 2 heterocycles. The minimum atomic E-state index is 0.124. The van der Waals surface area contributed by atoms with Crippen molar-refractivity contribution in [3.8, 4) is 0 Å². The van der Waals surface area contributed by atoms with Gasteiger partial charge in [0.05, 0.1) is 10.2 Å². The molecule has 2 aromatic rings. The second kappa shape index (κ2) is 3.44. The highest BCUT2D eigenvalue weighted by Crippen LogP contribution is 2.22. The Morgan fingerprint density at radius 1 is 1.62 bits per heavy atom. The van der Waals surface area contributed by atoms with Gasteiger partial charge in [0.25, 0.3) is 0 Å². The Bertz CT molecular complexity index is 408. The van der Waals surface area contributed by atoms with Crippen molar-refractivity contribution >= 4 is 21.6 Å². The van der Waals surface area contributed by atoms with Crippen LogP contribution in [0.15, 0.2) is 23.7 Å². The van der Waals surface area contributed by atoms with Gasteiger partial charge in [-0.05, 0) is 29.5 Å². The molecule has 0 aliphatic heterocycles. The summed E-state index contributed by atoms with van der Waals surface area (Å²) in [7, 11) is 0. The number of fused-ring (bicyclic) bond motifs is 1. The summed E-state index contributed by atoms with van der Waals surface area (Å²) in [5, 5.41) is 2.05. The third-order valence-corrected chi connectivity index (χ3v) is 3.04. The van der Waals surface area contributed by atoms with Crippen LogP contribution in [0, 0.1) is 0 Å². The van der Waals surface area contributed by atoms with Gasteiger partial charge in [-0.15, -0.1) is 11.3 Å². The van der Waals surface area contributed by atoms with E-state index in [2.05, 4.69) is 23.4 Å². The molecular formula is C10H12N2S. The Balaban J connectivity index is 2.48. The summed E-state index contributed by atoms with van der Waals surface area (Å²) in [6, 6.07) is 4.29. The summed E-state index contributed by atoms with van der Waals surface area (Å²) in [6.07, 6.45) is 2.84. The molecule has 2 nitrogen and oxygen atoms in total. The van der Waals surface area contributed by atoms with Crippen LogP contribution in [0.1, 0.15) is 24.9 Å². The Morgan fingerprint density at radius 3 is 3.23 bits per heavy atom. The fourth-order valence-corrected chi connectivity index (χ4v) is 2.09. The average Bonchev–Trinajstić information content (AvgIpc) is 2.63. The van der Waals surface area contributed by atoms with E-state index in [4.69, 9.17) is 5.73 Å². The van der Waals surface area contributed by atoms with Crippen LogP contribution in [0.3, 0.4) is 0 Å². The van der Waals surface area contributed by atoms with Crippen LogP contribution >= 0.6 is 11.3 Å². The van der Waals surface area contributed by atoms with Crippen LogP contribution < -0.4 is 5.73 Å². The van der Waals surface area contributed by atoms with Gasteiger partial charge in [-0.2, -0.15) is 0 Å². The van der Waals surface area contributed by atoms with Crippen molar-refractivity contribution in [3.63, 3.8) is 0 Å². The van der Waals surface area contributed by atoms with E-state index >= 15 is 0 Å². The predicted molar refractivity (Wildman–Crippen MR) is 56.8 cm³/mol. The van der Waals surface area contributed by atoms with Crippen molar-refractivity contribution in [2.24, 2.45) is 5.73 Å². The normalized spacial score (nSPS) is 13.4. The molecule has 2 rings (SSSR count). The highest BCUT2D eigenvalue weighted by atomic mass is 32.1. The van der Waals surface area contributed by atoms with E-state index in [-0.39, 0.29) is 6.04 Å². The van der Waals surface area contributed by atoms with E-state index in [1.54, 1.807) is 11.3 Å². The van der Waals surface area contributed by atoms with Gasteiger partial charge in [0.15, 0.2) is 0 Å². The highest BCUT2D eigenvalue weighted by Gasteiger charge is 2.04. The summed E-state index contributed by atoms with van der Waals surface area (Å²) >= 11 is 1.71. The van der Waals surface area contributed by atoms with Crippen LogP contribution in [0.4, 0.5) is 0 Å². The van der Waals surface area contributed by atoms with Crippen LogP contribution in [0.25, 0.3) is 10.2 Å². The first-order chi connectivity index (χ1) is 6.31. The molecule has 2 aromatic heterocycles. The van der Waals surface area contributed by atoms with Crippen molar-refractivity contribution in [3.05, 3.63) is 29.3 Å². The molecule has 2 N–H and O–H groups in total. The lowest BCUT2D eigenvalue weighted by atomic mass is 10.1. The summed E-state index contributed by atoms with van der Waals surface area (Å²) in [6.45, 7) is 2.09. The Labute approximate surface area is 81.4 Å². The Hall–Kier alpha value is -0.930. The zero-order valence-electron chi connectivity index (χ0n) is 7.53. The largest absolute Gasteiger partial charge is 0.324 e. The SMILES string of the molecule is CC[C@@H](N)c1cnc2ccsc2c1. The third-order valence-electron chi connectivity index (χ3n) is 2.19. The second-order valence-electron chi connectivity index (χ2n) is 3.09. The van der Waals surface area contributed by atoms with Crippen LogP contribution in [-0.4, -0.2) is 4.98 Å². The summed E-state index contributed by atoms with van der Waals surface area (Å²) in [5.41, 5.74) is 8.12. The molecular weight excluding hydrogens is 180 g/mol. The van der Waals surface area contributed by atoms with E-state index in [1.807, 2.05) is 12.3 Å². The fourth-order valence-electron chi connectivity index (χ4n) is 1.30. The van der Waals surface area contributed by atoms with E-state index < -0.39 is 0 Å². The fraction of sp³-hybridized carbons (Fsp3) is 0.300. The topological polar surface area (TPSA) is 38.9 Å². The lowest BCUT2D eigenvalue weighted by Gasteiger charge is -2.07. The standard InChI is InChI=1S/C10H12N2S/c1-2-8(11)7-5-10-9(12-6-7)3-4-13-10/h3-6,8H,2,11H2,1H3/t8-/m1/s1. The van der Waals surface area contributed by atoms with Gasteiger partial charge < -0.3 is 5.73 Å². The predicted octanol–water partition coefficient (Wildman–Crippen LogP) is 2.71. The quantitative estimate of drug-likeness (QED) is 0.794. The maximum absolute atomic E-state index is 5.92. The van der Waals surface area contributed by atoms with Crippen molar-refractivity contribution in [1.82, 2.24) is 4.98 Å². The number of nitrogens with two attached hydrogens (primary N) is 1. The number of hydrogen-bond acceptors (Lipinski definition) is 3. The Kier molecular flexibility index (Phi) is 2.29. The Morgan fingerprint density at radius 2 is 2.46 bits per heavy atom. The molecule has 0 aliphatic rings. The summed E-state index contributed by atoms with van der Waals surface area (Å²) in [4.78, 5) is 4.34. The zero-order chi connectivity index (χ0) is 9.26. The highest BCUT2D eigenvalue weighted by molar-refractivity contribution is 7.17. The minimum Gasteiger partial charge on any atom is -0.324 e. The van der Waals surface area contributed by atoms with Crippen LogP contribution in [0.2, 0.25) is 0 Å². The number of thiophene rings is 1. The molecule has 0 bridgehead atoms. The number of aromatic nitrogens is 1. The zero-order valence-corrected chi connectivity index (χ0v) is 8.34. The molecule has 13 heavy (non-hydrogen) atoms. The first-order valence-electron chi connectivity index (χ1n) is 4.40. The number of nitrogens with zero attached hydrogens (tertiary/aromatic N) is 1. The van der Waals surface area contributed by atoms with Gasteiger partial charge >= 0.3 is 0 Å². The molecule has 1 atom stereocenters. The smallest absolute Gasteiger partial charge is 0.0809 e. The van der Waals surface area contributed by atoms with E-state index in [9.17, 15) is 0 Å². The molecule has 0 radical (unpaired) electrons. The minimum absolute atomic E-state index is 0.124. The van der Waals surface area contributed by atoms with Crippen LogP contribution in [0.5, 0.6) is 0 Å². The molecule has 68 valence electrons. The maximum atomic E-state index is 5.92. The molecule has 0 aromatic carbocycles.